The van der Waals surface area contributed by atoms with E-state index in [2.05, 4.69) is 4.90 Å². The van der Waals surface area contributed by atoms with Gasteiger partial charge in [0.1, 0.15) is 22.8 Å². The third-order valence-corrected chi connectivity index (χ3v) is 5.60. The molecule has 170 valence electrons. The molecule has 0 amide bonds. The van der Waals surface area contributed by atoms with E-state index >= 15 is 0 Å². The van der Waals surface area contributed by atoms with Crippen LogP contribution in [0.4, 0.5) is 0 Å². The molecular weight excluding hydrogens is 438 g/mol. The van der Waals surface area contributed by atoms with Crippen LogP contribution in [0, 0.1) is 0 Å². The highest BCUT2D eigenvalue weighted by Gasteiger charge is 2.23. The molecule has 1 aromatic heterocycles. The van der Waals surface area contributed by atoms with Crippen LogP contribution in [0.25, 0.3) is 22.3 Å². The summed E-state index contributed by atoms with van der Waals surface area (Å²) in [6.07, 6.45) is 0.933. The lowest BCUT2D eigenvalue weighted by Gasteiger charge is -2.10. The predicted octanol–water partition coefficient (Wildman–Crippen LogP) is 6.32. The molecular formula is C27H26ClNO4. The quantitative estimate of drug-likeness (QED) is 0.214. The van der Waals surface area contributed by atoms with Crippen LogP contribution in [-0.2, 0) is 0 Å². The van der Waals surface area contributed by atoms with Gasteiger partial charge >= 0.3 is 0 Å². The Kier molecular flexibility index (Phi) is 7.02. The fraction of sp³-hybridized carbons (Fsp3) is 0.222. The first-order valence-electron chi connectivity index (χ1n) is 10.7. The van der Waals surface area contributed by atoms with Crippen molar-refractivity contribution in [3.8, 4) is 22.8 Å². The second-order valence-corrected chi connectivity index (χ2v) is 8.47. The number of rotatable bonds is 9. The third kappa shape index (κ3) is 5.21. The molecule has 0 N–H and O–H groups in total. The van der Waals surface area contributed by atoms with Gasteiger partial charge in [0, 0.05) is 34.1 Å². The number of ketones is 1. The summed E-state index contributed by atoms with van der Waals surface area (Å²) in [7, 11) is 5.69. The highest BCUT2D eigenvalue weighted by atomic mass is 35.5. The van der Waals surface area contributed by atoms with E-state index in [9.17, 15) is 4.79 Å². The number of fused-ring (bicyclic) bond motifs is 1. The topological polar surface area (TPSA) is 51.9 Å². The van der Waals surface area contributed by atoms with Gasteiger partial charge in [0.05, 0.1) is 19.3 Å². The van der Waals surface area contributed by atoms with Crippen molar-refractivity contribution in [2.45, 2.75) is 6.42 Å². The average molecular weight is 464 g/mol. The van der Waals surface area contributed by atoms with Crippen molar-refractivity contribution in [3.05, 3.63) is 82.9 Å². The second-order valence-electron chi connectivity index (χ2n) is 8.03. The maximum Gasteiger partial charge on any atom is 0.197 e. The summed E-state index contributed by atoms with van der Waals surface area (Å²) >= 11 is 6.17. The number of carbonyl (C=O) groups is 1. The largest absolute Gasteiger partial charge is 0.497 e. The maximum atomic E-state index is 13.6. The molecule has 0 saturated carbocycles. The number of carbonyl (C=O) groups excluding carboxylic acids is 1. The number of methoxy groups -OCH3 is 1. The normalized spacial score (nSPS) is 11.2. The predicted molar refractivity (Wildman–Crippen MR) is 132 cm³/mol. The van der Waals surface area contributed by atoms with Crippen molar-refractivity contribution in [1.29, 1.82) is 0 Å². The van der Waals surface area contributed by atoms with Crippen molar-refractivity contribution in [2.24, 2.45) is 0 Å². The first kappa shape index (κ1) is 22.9. The molecule has 0 saturated heterocycles. The van der Waals surface area contributed by atoms with E-state index in [1.807, 2.05) is 56.6 Å². The number of furan rings is 1. The van der Waals surface area contributed by atoms with Gasteiger partial charge in [0.2, 0.25) is 0 Å². The van der Waals surface area contributed by atoms with Crippen LogP contribution < -0.4 is 9.47 Å². The molecule has 0 aliphatic carbocycles. The van der Waals surface area contributed by atoms with E-state index in [-0.39, 0.29) is 5.78 Å². The van der Waals surface area contributed by atoms with E-state index in [0.29, 0.717) is 34.1 Å². The summed E-state index contributed by atoms with van der Waals surface area (Å²) in [5.41, 5.74) is 2.42. The monoisotopic (exact) mass is 463 g/mol. The Morgan fingerprint density at radius 1 is 0.970 bits per heavy atom. The Morgan fingerprint density at radius 2 is 1.67 bits per heavy atom. The van der Waals surface area contributed by atoms with Crippen LogP contribution in [0.3, 0.4) is 0 Å². The number of halogens is 1. The highest BCUT2D eigenvalue weighted by molar-refractivity contribution is 6.31. The lowest BCUT2D eigenvalue weighted by Crippen LogP contribution is -2.15. The Hall–Kier alpha value is -3.28. The molecule has 0 atom stereocenters. The second kappa shape index (κ2) is 10.1. The number of nitrogens with zero attached hydrogens (tertiary/aromatic N) is 1. The molecule has 6 heteroatoms. The van der Waals surface area contributed by atoms with Gasteiger partial charge in [-0.1, -0.05) is 11.6 Å². The molecule has 0 aliphatic rings. The summed E-state index contributed by atoms with van der Waals surface area (Å²) in [4.78, 5) is 15.7. The van der Waals surface area contributed by atoms with Gasteiger partial charge in [-0.05, 0) is 81.2 Å². The van der Waals surface area contributed by atoms with Crippen LogP contribution in [0.2, 0.25) is 5.02 Å². The van der Waals surface area contributed by atoms with Crippen LogP contribution in [0.1, 0.15) is 22.3 Å². The van der Waals surface area contributed by atoms with Crippen molar-refractivity contribution < 1.29 is 18.7 Å². The Balaban J connectivity index is 1.65. The molecule has 5 nitrogen and oxygen atoms in total. The van der Waals surface area contributed by atoms with Gasteiger partial charge in [-0.15, -0.1) is 0 Å². The fourth-order valence-corrected chi connectivity index (χ4v) is 3.82. The number of hydrogen-bond donors (Lipinski definition) is 0. The smallest absolute Gasteiger partial charge is 0.197 e. The molecule has 33 heavy (non-hydrogen) atoms. The van der Waals surface area contributed by atoms with E-state index < -0.39 is 0 Å². The third-order valence-electron chi connectivity index (χ3n) is 5.37. The molecule has 0 fully saturated rings. The van der Waals surface area contributed by atoms with E-state index in [0.717, 1.165) is 35.4 Å². The zero-order chi connectivity index (χ0) is 23.4. The van der Waals surface area contributed by atoms with Crippen molar-refractivity contribution >= 4 is 28.4 Å². The first-order valence-corrected chi connectivity index (χ1v) is 11.1. The molecule has 4 rings (SSSR count). The summed E-state index contributed by atoms with van der Waals surface area (Å²) < 4.78 is 17.2. The molecule has 4 aromatic rings. The van der Waals surface area contributed by atoms with Crippen molar-refractivity contribution in [3.63, 3.8) is 0 Å². The molecule has 0 unspecified atom stereocenters. The summed E-state index contributed by atoms with van der Waals surface area (Å²) in [5, 5.41) is 1.27. The Bertz CT molecular complexity index is 1240. The van der Waals surface area contributed by atoms with Crippen molar-refractivity contribution in [1.82, 2.24) is 4.90 Å². The summed E-state index contributed by atoms with van der Waals surface area (Å²) in [6.45, 7) is 1.59. The number of hydrogen-bond acceptors (Lipinski definition) is 5. The molecule has 0 bridgehead atoms. The van der Waals surface area contributed by atoms with E-state index in [1.54, 1.807) is 31.4 Å². The zero-order valence-corrected chi connectivity index (χ0v) is 19.7. The number of ether oxygens (including phenoxy) is 2. The van der Waals surface area contributed by atoms with Gasteiger partial charge in [0.15, 0.2) is 5.78 Å². The SMILES string of the molecule is COc1ccc(-c2oc3cc(Cl)ccc3c2C(=O)c2ccc(OCCCN(C)C)cc2)cc1. The van der Waals surface area contributed by atoms with Gasteiger partial charge in [0.25, 0.3) is 0 Å². The van der Waals surface area contributed by atoms with Crippen molar-refractivity contribution in [2.75, 3.05) is 34.4 Å². The van der Waals surface area contributed by atoms with Gasteiger partial charge in [-0.25, -0.2) is 0 Å². The lowest BCUT2D eigenvalue weighted by atomic mass is 9.97. The standard InChI is InChI=1S/C27H26ClNO4/c1-29(2)15-4-16-32-22-12-5-18(6-13-22)26(30)25-23-14-9-20(28)17-24(23)33-27(25)19-7-10-21(31-3)11-8-19/h5-14,17H,4,15-16H2,1-3H3. The summed E-state index contributed by atoms with van der Waals surface area (Å²) in [6, 6.07) is 20.0. The Labute approximate surface area is 198 Å². The van der Waals surface area contributed by atoms with E-state index in [1.165, 1.54) is 0 Å². The van der Waals surface area contributed by atoms with Gasteiger partial charge < -0.3 is 18.8 Å². The molecule has 0 spiro atoms. The average Bonchev–Trinajstić information content (AvgIpc) is 3.20. The fourth-order valence-electron chi connectivity index (χ4n) is 3.66. The van der Waals surface area contributed by atoms with Crippen LogP contribution in [0.5, 0.6) is 11.5 Å². The lowest BCUT2D eigenvalue weighted by molar-refractivity contribution is 0.104. The minimum atomic E-state index is -0.124. The van der Waals surface area contributed by atoms with Gasteiger partial charge in [-0.2, -0.15) is 0 Å². The minimum Gasteiger partial charge on any atom is -0.497 e. The highest BCUT2D eigenvalue weighted by Crippen LogP contribution is 2.37. The first-order chi connectivity index (χ1) is 16.0. The molecule has 3 aromatic carbocycles. The van der Waals surface area contributed by atoms with Crippen LogP contribution >= 0.6 is 11.6 Å². The van der Waals surface area contributed by atoms with Crippen LogP contribution in [0.15, 0.2) is 71.1 Å². The Morgan fingerprint density at radius 3 is 2.33 bits per heavy atom. The zero-order valence-electron chi connectivity index (χ0n) is 18.9. The van der Waals surface area contributed by atoms with E-state index in [4.69, 9.17) is 25.5 Å². The number of benzene rings is 3. The summed E-state index contributed by atoms with van der Waals surface area (Å²) in [5.74, 6) is 1.85. The minimum absolute atomic E-state index is 0.124. The molecule has 1 heterocycles. The van der Waals surface area contributed by atoms with Gasteiger partial charge in [-0.3, -0.25) is 4.79 Å². The maximum absolute atomic E-state index is 13.6. The molecule has 0 aliphatic heterocycles. The molecule has 0 radical (unpaired) electrons. The van der Waals surface area contributed by atoms with Crippen LogP contribution in [-0.4, -0.2) is 45.0 Å².